The summed E-state index contributed by atoms with van der Waals surface area (Å²) in [7, 11) is 3.91. The Kier molecular flexibility index (Phi) is 9.69. The molecular weight excluding hydrogens is 543 g/mol. The van der Waals surface area contributed by atoms with E-state index in [0.29, 0.717) is 25.0 Å². The number of aliphatic hydroxyl groups excluding tert-OH is 1. The van der Waals surface area contributed by atoms with Gasteiger partial charge in [0.05, 0.1) is 18.8 Å². The zero-order valence-corrected chi connectivity index (χ0v) is 24.6. The highest BCUT2D eigenvalue weighted by molar-refractivity contribution is 5.79. The van der Waals surface area contributed by atoms with Gasteiger partial charge in [-0.05, 0) is 60.2 Å². The molecule has 1 aliphatic rings. The molecule has 1 aromatic heterocycles. The number of anilines is 1. The normalized spacial score (nSPS) is 16.3. The van der Waals surface area contributed by atoms with Crippen molar-refractivity contribution in [3.63, 3.8) is 0 Å². The van der Waals surface area contributed by atoms with Crippen LogP contribution in [-0.2, 0) is 17.6 Å². The van der Waals surface area contributed by atoms with Crippen molar-refractivity contribution in [1.82, 2.24) is 10.3 Å². The first-order valence-electron chi connectivity index (χ1n) is 14.7. The SMILES string of the molecule is CN(C)c1ccc(-c2ccc(C[C@H](N)[C@@H](O)C[C@@H](Cc3ccccc3F)C(=O)N[C@@H]3CCOc4ccccc43)cc2)cn1. The highest BCUT2D eigenvalue weighted by atomic mass is 19.1. The quantitative estimate of drug-likeness (QED) is 0.228. The number of aliphatic hydroxyl groups is 1. The van der Waals surface area contributed by atoms with Crippen LogP contribution in [0.15, 0.2) is 91.1 Å². The number of para-hydroxylation sites is 1. The number of aromatic nitrogens is 1. The van der Waals surface area contributed by atoms with Crippen LogP contribution in [0.5, 0.6) is 5.75 Å². The van der Waals surface area contributed by atoms with E-state index in [1.54, 1.807) is 18.2 Å². The maximum Gasteiger partial charge on any atom is 0.224 e. The van der Waals surface area contributed by atoms with E-state index in [0.717, 1.165) is 33.8 Å². The summed E-state index contributed by atoms with van der Waals surface area (Å²) < 4.78 is 20.4. The van der Waals surface area contributed by atoms with Gasteiger partial charge in [-0.2, -0.15) is 0 Å². The predicted octanol–water partition coefficient (Wildman–Crippen LogP) is 5.07. The molecule has 0 spiro atoms. The predicted molar refractivity (Wildman–Crippen MR) is 167 cm³/mol. The summed E-state index contributed by atoms with van der Waals surface area (Å²) in [5.74, 6) is 0.351. The highest BCUT2D eigenvalue weighted by Crippen LogP contribution is 2.32. The lowest BCUT2D eigenvalue weighted by atomic mass is 9.88. The molecule has 0 saturated heterocycles. The fourth-order valence-electron chi connectivity index (χ4n) is 5.52. The fraction of sp³-hybridized carbons (Fsp3) is 0.314. The number of nitrogens with zero attached hydrogens (tertiary/aromatic N) is 2. The summed E-state index contributed by atoms with van der Waals surface area (Å²) in [6.07, 6.45) is 2.20. The van der Waals surface area contributed by atoms with E-state index in [-0.39, 0.29) is 30.6 Å². The van der Waals surface area contributed by atoms with E-state index in [9.17, 15) is 14.3 Å². The Morgan fingerprint density at radius 2 is 1.74 bits per heavy atom. The van der Waals surface area contributed by atoms with E-state index in [1.165, 1.54) is 6.07 Å². The number of carbonyl (C=O) groups excluding carboxylic acids is 1. The minimum absolute atomic E-state index is 0.105. The second-order valence-corrected chi connectivity index (χ2v) is 11.4. The van der Waals surface area contributed by atoms with Gasteiger partial charge in [-0.25, -0.2) is 9.37 Å². The van der Waals surface area contributed by atoms with Crippen LogP contribution in [0.1, 0.15) is 35.6 Å². The number of amides is 1. The topological polar surface area (TPSA) is 101 Å². The van der Waals surface area contributed by atoms with Gasteiger partial charge in [-0.15, -0.1) is 0 Å². The van der Waals surface area contributed by atoms with Gasteiger partial charge in [0.1, 0.15) is 17.4 Å². The number of nitrogens with one attached hydrogen (secondary N) is 1. The van der Waals surface area contributed by atoms with Gasteiger partial charge in [-0.3, -0.25) is 4.79 Å². The maximum atomic E-state index is 14.6. The van der Waals surface area contributed by atoms with Gasteiger partial charge in [0, 0.05) is 49.8 Å². The molecule has 4 atom stereocenters. The van der Waals surface area contributed by atoms with Crippen LogP contribution >= 0.6 is 0 Å². The molecule has 0 bridgehead atoms. The summed E-state index contributed by atoms with van der Waals surface area (Å²) in [6.45, 7) is 0.490. The van der Waals surface area contributed by atoms with Crippen LogP contribution in [0.25, 0.3) is 11.1 Å². The Hall–Kier alpha value is -4.27. The lowest BCUT2D eigenvalue weighted by Crippen LogP contribution is -2.43. The molecule has 1 aliphatic heterocycles. The summed E-state index contributed by atoms with van der Waals surface area (Å²) >= 11 is 0. The molecule has 224 valence electrons. The van der Waals surface area contributed by atoms with Crippen LogP contribution in [-0.4, -0.2) is 48.8 Å². The van der Waals surface area contributed by atoms with Crippen molar-refractivity contribution in [1.29, 1.82) is 0 Å². The first kappa shape index (κ1) is 30.2. The third-order valence-corrected chi connectivity index (χ3v) is 8.05. The minimum atomic E-state index is -0.966. The van der Waals surface area contributed by atoms with E-state index in [1.807, 2.05) is 85.9 Å². The first-order valence-corrected chi connectivity index (χ1v) is 14.7. The minimum Gasteiger partial charge on any atom is -0.493 e. The molecule has 43 heavy (non-hydrogen) atoms. The number of pyridine rings is 1. The molecule has 4 N–H and O–H groups in total. The van der Waals surface area contributed by atoms with Crippen molar-refractivity contribution in [2.24, 2.45) is 11.7 Å². The maximum absolute atomic E-state index is 14.6. The fourth-order valence-corrected chi connectivity index (χ4v) is 5.52. The molecule has 7 nitrogen and oxygen atoms in total. The summed E-state index contributed by atoms with van der Waals surface area (Å²) in [6, 6.07) is 25.3. The molecule has 1 amide bonds. The Labute approximate surface area is 252 Å². The number of rotatable bonds is 11. The van der Waals surface area contributed by atoms with E-state index in [2.05, 4.69) is 10.3 Å². The van der Waals surface area contributed by atoms with E-state index >= 15 is 0 Å². The molecule has 0 radical (unpaired) electrons. The molecule has 3 aromatic carbocycles. The van der Waals surface area contributed by atoms with Crippen LogP contribution in [0.4, 0.5) is 10.2 Å². The number of ether oxygens (including phenoxy) is 1. The van der Waals surface area contributed by atoms with Crippen molar-refractivity contribution in [2.45, 2.75) is 43.9 Å². The van der Waals surface area contributed by atoms with Crippen molar-refractivity contribution in [3.8, 4) is 16.9 Å². The number of halogens is 1. The number of nitrogens with two attached hydrogens (primary N) is 1. The molecule has 4 aromatic rings. The van der Waals surface area contributed by atoms with Crippen LogP contribution in [0, 0.1) is 11.7 Å². The van der Waals surface area contributed by atoms with Crippen molar-refractivity contribution in [2.75, 3.05) is 25.6 Å². The number of fused-ring (bicyclic) bond motifs is 1. The molecule has 0 aliphatic carbocycles. The standard InChI is InChI=1S/C35H39FN4O3/c1-40(2)34-16-15-26(22-38-34)24-13-11-23(12-14-24)19-30(37)32(41)21-27(20-25-7-3-5-9-29(25)36)35(42)39-31-17-18-43-33-10-6-4-8-28(31)33/h3-16,22,27,30-32,41H,17-21,37H2,1-2H3,(H,39,42)/t27-,30+,31-,32+/m1/s1. The van der Waals surface area contributed by atoms with Gasteiger partial charge in [-0.1, -0.05) is 60.7 Å². The summed E-state index contributed by atoms with van der Waals surface area (Å²) in [5, 5.41) is 14.3. The van der Waals surface area contributed by atoms with Gasteiger partial charge >= 0.3 is 0 Å². The van der Waals surface area contributed by atoms with Gasteiger partial charge in [0.2, 0.25) is 5.91 Å². The lowest BCUT2D eigenvalue weighted by Gasteiger charge is -2.29. The van der Waals surface area contributed by atoms with Crippen molar-refractivity contribution < 1.29 is 19.0 Å². The molecule has 8 heteroatoms. The Bertz CT molecular complexity index is 1510. The third-order valence-electron chi connectivity index (χ3n) is 8.05. The highest BCUT2D eigenvalue weighted by Gasteiger charge is 2.30. The second-order valence-electron chi connectivity index (χ2n) is 11.4. The molecule has 0 unspecified atom stereocenters. The van der Waals surface area contributed by atoms with E-state index in [4.69, 9.17) is 10.5 Å². The van der Waals surface area contributed by atoms with Gasteiger partial charge in [0.15, 0.2) is 0 Å². The second kappa shape index (κ2) is 13.8. The smallest absolute Gasteiger partial charge is 0.224 e. The van der Waals surface area contributed by atoms with Crippen LogP contribution in [0.2, 0.25) is 0 Å². The van der Waals surface area contributed by atoms with Crippen molar-refractivity contribution >= 4 is 11.7 Å². The van der Waals surface area contributed by atoms with Crippen molar-refractivity contribution in [3.05, 3.63) is 114 Å². The number of hydrogen-bond acceptors (Lipinski definition) is 6. The van der Waals surface area contributed by atoms with Gasteiger partial charge in [0.25, 0.3) is 0 Å². The average molecular weight is 583 g/mol. The number of benzene rings is 3. The molecule has 0 saturated carbocycles. The zero-order chi connectivity index (χ0) is 30.3. The molecular formula is C35H39FN4O3. The number of carbonyl (C=O) groups is 1. The van der Waals surface area contributed by atoms with E-state index < -0.39 is 18.1 Å². The first-order chi connectivity index (χ1) is 20.8. The Balaban J connectivity index is 1.26. The van der Waals surface area contributed by atoms with Gasteiger partial charge < -0.3 is 25.8 Å². The van der Waals surface area contributed by atoms with Crippen LogP contribution < -0.4 is 20.7 Å². The monoisotopic (exact) mass is 582 g/mol. The summed E-state index contributed by atoms with van der Waals surface area (Å²) in [5.41, 5.74) is 10.8. The zero-order valence-electron chi connectivity index (χ0n) is 24.6. The molecule has 0 fully saturated rings. The lowest BCUT2D eigenvalue weighted by molar-refractivity contribution is -0.127. The largest absolute Gasteiger partial charge is 0.493 e. The summed E-state index contributed by atoms with van der Waals surface area (Å²) in [4.78, 5) is 20.1. The van der Waals surface area contributed by atoms with Crippen LogP contribution in [0.3, 0.4) is 0 Å². The molecule has 5 rings (SSSR count). The number of hydrogen-bond donors (Lipinski definition) is 3. The average Bonchev–Trinajstić information content (AvgIpc) is 3.02. The third kappa shape index (κ3) is 7.58. The Morgan fingerprint density at radius 1 is 1.02 bits per heavy atom. The molecule has 2 heterocycles. The Morgan fingerprint density at radius 3 is 2.47 bits per heavy atom.